The van der Waals surface area contributed by atoms with Gasteiger partial charge >= 0.3 is 0 Å². The van der Waals surface area contributed by atoms with Crippen LogP contribution in [0.3, 0.4) is 0 Å². The number of thioether (sulfide) groups is 1. The summed E-state index contributed by atoms with van der Waals surface area (Å²) in [7, 11) is 0. The van der Waals surface area contributed by atoms with Crippen molar-refractivity contribution in [3.8, 4) is 6.07 Å². The molecular formula is C17H17N3O2S. The molecule has 5 nitrogen and oxygen atoms in total. The van der Waals surface area contributed by atoms with Gasteiger partial charge in [-0.05, 0) is 38.1 Å². The second-order valence-corrected chi connectivity index (χ2v) is 6.24. The number of amides is 1. The van der Waals surface area contributed by atoms with Crippen molar-refractivity contribution in [1.82, 2.24) is 4.98 Å². The number of hydrogen-bond donors (Lipinski definition) is 2. The Morgan fingerprint density at radius 3 is 2.78 bits per heavy atom. The number of pyridine rings is 1. The van der Waals surface area contributed by atoms with E-state index in [4.69, 9.17) is 5.26 Å². The van der Waals surface area contributed by atoms with Gasteiger partial charge < -0.3 is 10.3 Å². The van der Waals surface area contributed by atoms with Crippen LogP contribution in [0.25, 0.3) is 0 Å². The van der Waals surface area contributed by atoms with Crippen LogP contribution < -0.4 is 10.9 Å². The molecule has 0 fully saturated rings. The highest BCUT2D eigenvalue weighted by molar-refractivity contribution is 7.99. The zero-order valence-electron chi connectivity index (χ0n) is 12.9. The fourth-order valence-corrected chi connectivity index (χ4v) is 2.84. The maximum absolute atomic E-state index is 12.3. The minimum absolute atomic E-state index is 0.0702. The highest BCUT2D eigenvalue weighted by atomic mass is 32.2. The molecule has 118 valence electrons. The highest BCUT2D eigenvalue weighted by Crippen LogP contribution is 2.28. The standard InChI is InChI=1S/C17H17N3O2S/c1-11(9-18)10-23-15-6-4-3-5-14(15)20-17(22)13-8-7-12(2)19-16(13)21/h3-8,11H,10H2,1-2H3,(H,19,21)(H,20,22). The van der Waals surface area contributed by atoms with Crippen molar-refractivity contribution in [2.24, 2.45) is 5.92 Å². The SMILES string of the molecule is Cc1ccc(C(=O)Nc2ccccc2SCC(C)C#N)c(=O)[nH]1. The van der Waals surface area contributed by atoms with Crippen LogP contribution >= 0.6 is 11.8 Å². The third-order valence-electron chi connectivity index (χ3n) is 3.14. The molecule has 2 N–H and O–H groups in total. The number of rotatable bonds is 5. The van der Waals surface area contributed by atoms with Crippen LogP contribution in [-0.4, -0.2) is 16.6 Å². The topological polar surface area (TPSA) is 85.8 Å². The van der Waals surface area contributed by atoms with Crippen molar-refractivity contribution in [2.45, 2.75) is 18.7 Å². The lowest BCUT2D eigenvalue weighted by atomic mass is 10.2. The van der Waals surface area contributed by atoms with Crippen LogP contribution in [0.5, 0.6) is 0 Å². The van der Waals surface area contributed by atoms with E-state index in [1.165, 1.54) is 17.8 Å². The van der Waals surface area contributed by atoms with Gasteiger partial charge in [-0.25, -0.2) is 0 Å². The third kappa shape index (κ3) is 4.47. The second-order valence-electron chi connectivity index (χ2n) is 5.18. The summed E-state index contributed by atoms with van der Waals surface area (Å²) in [4.78, 5) is 27.6. The number of nitriles is 1. The van der Waals surface area contributed by atoms with E-state index in [2.05, 4.69) is 16.4 Å². The van der Waals surface area contributed by atoms with E-state index in [1.807, 2.05) is 25.1 Å². The van der Waals surface area contributed by atoms with E-state index in [-0.39, 0.29) is 11.5 Å². The van der Waals surface area contributed by atoms with Crippen molar-refractivity contribution in [3.63, 3.8) is 0 Å². The predicted octanol–water partition coefficient (Wildman–Crippen LogP) is 3.19. The molecular weight excluding hydrogens is 310 g/mol. The van der Waals surface area contributed by atoms with Gasteiger partial charge in [0.2, 0.25) is 0 Å². The van der Waals surface area contributed by atoms with E-state index in [0.29, 0.717) is 17.1 Å². The van der Waals surface area contributed by atoms with Gasteiger partial charge in [-0.2, -0.15) is 5.26 Å². The first-order valence-electron chi connectivity index (χ1n) is 7.14. The number of aromatic nitrogens is 1. The number of aromatic amines is 1. The lowest BCUT2D eigenvalue weighted by Gasteiger charge is -2.11. The number of nitrogens with one attached hydrogen (secondary N) is 2. The molecule has 0 saturated heterocycles. The number of anilines is 1. The van der Waals surface area contributed by atoms with Gasteiger partial charge in [0.15, 0.2) is 0 Å². The van der Waals surface area contributed by atoms with Crippen molar-refractivity contribution in [1.29, 1.82) is 5.26 Å². The molecule has 0 aliphatic carbocycles. The Morgan fingerprint density at radius 2 is 2.09 bits per heavy atom. The number of para-hydroxylation sites is 1. The molecule has 23 heavy (non-hydrogen) atoms. The van der Waals surface area contributed by atoms with Crippen LogP contribution in [-0.2, 0) is 0 Å². The molecule has 6 heteroatoms. The fraction of sp³-hybridized carbons (Fsp3) is 0.235. The zero-order chi connectivity index (χ0) is 16.8. The van der Waals surface area contributed by atoms with Gasteiger partial charge in [-0.1, -0.05) is 12.1 Å². The molecule has 1 aromatic carbocycles. The Labute approximate surface area is 138 Å². The number of benzene rings is 1. The first kappa shape index (κ1) is 16.8. The van der Waals surface area contributed by atoms with E-state index < -0.39 is 11.5 Å². The van der Waals surface area contributed by atoms with Gasteiger partial charge in [0.05, 0.1) is 17.7 Å². The van der Waals surface area contributed by atoms with E-state index in [1.54, 1.807) is 19.1 Å². The Morgan fingerprint density at radius 1 is 1.35 bits per heavy atom. The summed E-state index contributed by atoms with van der Waals surface area (Å²) in [6.45, 7) is 3.60. The van der Waals surface area contributed by atoms with Crippen LogP contribution in [0, 0.1) is 24.2 Å². The Balaban J connectivity index is 2.18. The number of carbonyl (C=O) groups excluding carboxylic acids is 1. The lowest BCUT2D eigenvalue weighted by molar-refractivity contribution is 0.102. The molecule has 0 spiro atoms. The average Bonchev–Trinajstić information content (AvgIpc) is 2.53. The van der Waals surface area contributed by atoms with E-state index in [9.17, 15) is 9.59 Å². The molecule has 0 aliphatic rings. The largest absolute Gasteiger partial charge is 0.326 e. The van der Waals surface area contributed by atoms with Crippen LogP contribution in [0.4, 0.5) is 5.69 Å². The minimum Gasteiger partial charge on any atom is -0.326 e. The van der Waals surface area contributed by atoms with Crippen molar-refractivity contribution in [2.75, 3.05) is 11.1 Å². The van der Waals surface area contributed by atoms with Gasteiger partial charge in [-0.3, -0.25) is 9.59 Å². The molecule has 1 amide bonds. The number of carbonyl (C=O) groups is 1. The van der Waals surface area contributed by atoms with E-state index >= 15 is 0 Å². The lowest BCUT2D eigenvalue weighted by Crippen LogP contribution is -2.23. The predicted molar refractivity (Wildman–Crippen MR) is 91.7 cm³/mol. The van der Waals surface area contributed by atoms with Crippen LogP contribution in [0.1, 0.15) is 23.0 Å². The number of nitrogens with zero attached hydrogens (tertiary/aromatic N) is 1. The number of hydrogen-bond acceptors (Lipinski definition) is 4. The summed E-state index contributed by atoms with van der Waals surface area (Å²) in [5, 5.41) is 11.6. The first-order valence-corrected chi connectivity index (χ1v) is 8.12. The molecule has 0 bridgehead atoms. The van der Waals surface area contributed by atoms with Gasteiger partial charge in [0.25, 0.3) is 11.5 Å². The molecule has 0 aliphatic heterocycles. The summed E-state index contributed by atoms with van der Waals surface area (Å²) in [5.74, 6) is 0.102. The second kappa shape index (κ2) is 7.65. The maximum Gasteiger partial charge on any atom is 0.261 e. The van der Waals surface area contributed by atoms with E-state index in [0.717, 1.165) is 4.90 Å². The smallest absolute Gasteiger partial charge is 0.261 e. The third-order valence-corrected chi connectivity index (χ3v) is 4.48. The molecule has 1 heterocycles. The number of H-pyrrole nitrogens is 1. The fourth-order valence-electron chi connectivity index (χ4n) is 1.89. The summed E-state index contributed by atoms with van der Waals surface area (Å²) in [6.07, 6.45) is 0. The van der Waals surface area contributed by atoms with Crippen molar-refractivity contribution in [3.05, 3.63) is 58.0 Å². The monoisotopic (exact) mass is 327 g/mol. The zero-order valence-corrected chi connectivity index (χ0v) is 13.7. The van der Waals surface area contributed by atoms with Gasteiger partial charge in [0.1, 0.15) is 5.56 Å². The minimum atomic E-state index is -0.451. The highest BCUT2D eigenvalue weighted by Gasteiger charge is 2.13. The molecule has 1 unspecified atom stereocenters. The van der Waals surface area contributed by atoms with Gasteiger partial charge in [-0.15, -0.1) is 11.8 Å². The summed E-state index contributed by atoms with van der Waals surface area (Å²) in [5.41, 5.74) is 0.993. The summed E-state index contributed by atoms with van der Waals surface area (Å²) >= 11 is 1.50. The Hall–Kier alpha value is -2.52. The average molecular weight is 327 g/mol. The van der Waals surface area contributed by atoms with Crippen LogP contribution in [0.15, 0.2) is 46.1 Å². The van der Waals surface area contributed by atoms with Crippen molar-refractivity contribution >= 4 is 23.4 Å². The Kier molecular flexibility index (Phi) is 5.61. The van der Waals surface area contributed by atoms with Gasteiger partial charge in [0, 0.05) is 16.3 Å². The molecule has 2 aromatic rings. The van der Waals surface area contributed by atoms with Crippen molar-refractivity contribution < 1.29 is 4.79 Å². The first-order chi connectivity index (χ1) is 11.0. The number of aryl methyl sites for hydroxylation is 1. The van der Waals surface area contributed by atoms with Crippen LogP contribution in [0.2, 0.25) is 0 Å². The molecule has 2 rings (SSSR count). The summed E-state index contributed by atoms with van der Waals surface area (Å²) in [6, 6.07) is 12.7. The normalized spacial score (nSPS) is 11.5. The Bertz CT molecular complexity index is 808. The summed E-state index contributed by atoms with van der Waals surface area (Å²) < 4.78 is 0. The molecule has 1 atom stereocenters. The quantitative estimate of drug-likeness (QED) is 0.826. The maximum atomic E-state index is 12.3. The molecule has 0 radical (unpaired) electrons. The molecule has 1 aromatic heterocycles. The molecule has 0 saturated carbocycles.